The maximum Gasteiger partial charge on any atom is 0.321 e. The summed E-state index contributed by atoms with van der Waals surface area (Å²) in [5.41, 5.74) is 1.75. The Balaban J connectivity index is 1.66. The molecule has 8 heteroatoms. The van der Waals surface area contributed by atoms with E-state index in [9.17, 15) is 9.59 Å². The molecule has 1 aliphatic rings. The molecule has 2 aromatic rings. The summed E-state index contributed by atoms with van der Waals surface area (Å²) in [6.45, 7) is 7.93. The highest BCUT2D eigenvalue weighted by Crippen LogP contribution is 2.23. The van der Waals surface area contributed by atoms with Crippen LogP contribution < -0.4 is 10.6 Å². The first-order chi connectivity index (χ1) is 13.6. The van der Waals surface area contributed by atoms with E-state index in [2.05, 4.69) is 25.6 Å². The number of aromatic nitrogens is 1. The highest BCUT2D eigenvalue weighted by molar-refractivity contribution is 5.97. The second-order valence-corrected chi connectivity index (χ2v) is 6.91. The van der Waals surface area contributed by atoms with Crippen LogP contribution in [-0.2, 0) is 11.3 Å². The lowest BCUT2D eigenvalue weighted by Crippen LogP contribution is -2.52. The number of urea groups is 1. The standard InChI is InChI=1S/C20H27N5O3/c1-3-21-20(27)22-19(26)18(16-7-5-4-6-8-16)25-11-9-24(10-12-25)14-17-13-15(2)23-28-17/h4-8,13,18H,3,9-12,14H2,1-2H3,(H2,21,22,26,27)/t18-/m0/s1. The van der Waals surface area contributed by atoms with E-state index in [-0.39, 0.29) is 5.91 Å². The highest BCUT2D eigenvalue weighted by Gasteiger charge is 2.31. The van der Waals surface area contributed by atoms with E-state index in [4.69, 9.17) is 4.52 Å². The lowest BCUT2D eigenvalue weighted by Gasteiger charge is -2.38. The van der Waals surface area contributed by atoms with Crippen molar-refractivity contribution in [3.05, 3.63) is 53.4 Å². The molecular weight excluding hydrogens is 358 g/mol. The third kappa shape index (κ3) is 5.17. The van der Waals surface area contributed by atoms with Crippen LogP contribution >= 0.6 is 0 Å². The third-order valence-corrected chi connectivity index (χ3v) is 4.77. The fraction of sp³-hybridized carbons (Fsp3) is 0.450. The average molecular weight is 385 g/mol. The van der Waals surface area contributed by atoms with Crippen LogP contribution in [0, 0.1) is 6.92 Å². The van der Waals surface area contributed by atoms with Crippen molar-refractivity contribution < 1.29 is 14.1 Å². The SMILES string of the molecule is CCNC(=O)NC(=O)[C@H](c1ccccc1)N1CCN(Cc2cc(C)no2)CC1. The molecule has 8 nitrogen and oxygen atoms in total. The predicted octanol–water partition coefficient (Wildman–Crippen LogP) is 1.69. The zero-order valence-corrected chi connectivity index (χ0v) is 16.4. The summed E-state index contributed by atoms with van der Waals surface area (Å²) in [4.78, 5) is 29.1. The van der Waals surface area contributed by atoms with Gasteiger partial charge in [-0.05, 0) is 19.4 Å². The monoisotopic (exact) mass is 385 g/mol. The topological polar surface area (TPSA) is 90.7 Å². The molecule has 0 radical (unpaired) electrons. The van der Waals surface area contributed by atoms with Crippen LogP contribution in [-0.4, -0.2) is 59.6 Å². The highest BCUT2D eigenvalue weighted by atomic mass is 16.5. The molecule has 0 spiro atoms. The van der Waals surface area contributed by atoms with Gasteiger partial charge in [0, 0.05) is 38.8 Å². The first-order valence-electron chi connectivity index (χ1n) is 9.59. The zero-order valence-electron chi connectivity index (χ0n) is 16.4. The first kappa shape index (κ1) is 20.0. The van der Waals surface area contributed by atoms with Crippen LogP contribution in [0.3, 0.4) is 0 Å². The van der Waals surface area contributed by atoms with E-state index in [1.165, 1.54) is 0 Å². The molecule has 3 amide bonds. The molecule has 1 atom stereocenters. The van der Waals surface area contributed by atoms with Crippen LogP contribution in [0.2, 0.25) is 0 Å². The summed E-state index contributed by atoms with van der Waals surface area (Å²) in [5.74, 6) is 0.538. The van der Waals surface area contributed by atoms with Crippen molar-refractivity contribution in [3.8, 4) is 0 Å². The van der Waals surface area contributed by atoms with Crippen LogP contribution in [0.5, 0.6) is 0 Å². The van der Waals surface area contributed by atoms with Gasteiger partial charge in [-0.1, -0.05) is 35.5 Å². The molecule has 1 fully saturated rings. The van der Waals surface area contributed by atoms with Crippen LogP contribution in [0.15, 0.2) is 40.9 Å². The smallest absolute Gasteiger partial charge is 0.321 e. The van der Waals surface area contributed by atoms with Crippen LogP contribution in [0.1, 0.15) is 30.0 Å². The number of amides is 3. The lowest BCUT2D eigenvalue weighted by atomic mass is 10.0. The van der Waals surface area contributed by atoms with Crippen LogP contribution in [0.4, 0.5) is 4.79 Å². The molecule has 28 heavy (non-hydrogen) atoms. The Bertz CT molecular complexity index is 784. The Kier molecular flexibility index (Phi) is 6.78. The van der Waals surface area contributed by atoms with E-state index >= 15 is 0 Å². The first-order valence-corrected chi connectivity index (χ1v) is 9.59. The summed E-state index contributed by atoms with van der Waals surface area (Å²) >= 11 is 0. The summed E-state index contributed by atoms with van der Waals surface area (Å²) in [6.07, 6.45) is 0. The second kappa shape index (κ2) is 9.48. The Morgan fingerprint density at radius 2 is 1.89 bits per heavy atom. The number of imide groups is 1. The van der Waals surface area contributed by atoms with E-state index in [0.717, 1.165) is 43.2 Å². The molecule has 3 rings (SSSR count). The molecule has 0 aliphatic carbocycles. The number of piperazine rings is 1. The number of hydrogen-bond donors (Lipinski definition) is 2. The van der Waals surface area contributed by atoms with Crippen molar-refractivity contribution in [1.29, 1.82) is 0 Å². The van der Waals surface area contributed by atoms with Gasteiger partial charge in [0.25, 0.3) is 0 Å². The molecule has 2 heterocycles. The maximum absolute atomic E-state index is 12.9. The van der Waals surface area contributed by atoms with Crippen molar-refractivity contribution in [3.63, 3.8) is 0 Å². The number of aryl methyl sites for hydroxylation is 1. The lowest BCUT2D eigenvalue weighted by molar-refractivity contribution is -0.126. The molecule has 1 saturated heterocycles. The van der Waals surface area contributed by atoms with Crippen molar-refractivity contribution in [1.82, 2.24) is 25.6 Å². The molecule has 0 saturated carbocycles. The number of rotatable bonds is 6. The Hall–Kier alpha value is -2.71. The molecule has 1 aliphatic heterocycles. The van der Waals surface area contributed by atoms with Gasteiger partial charge >= 0.3 is 6.03 Å². The average Bonchev–Trinajstić information content (AvgIpc) is 3.09. The Morgan fingerprint density at radius 1 is 1.18 bits per heavy atom. The normalized spacial score (nSPS) is 16.5. The van der Waals surface area contributed by atoms with E-state index in [1.807, 2.05) is 50.2 Å². The fourth-order valence-electron chi connectivity index (χ4n) is 3.44. The fourth-order valence-corrected chi connectivity index (χ4v) is 3.44. The van der Waals surface area contributed by atoms with E-state index in [1.54, 1.807) is 0 Å². The maximum atomic E-state index is 12.9. The number of hydrogen-bond acceptors (Lipinski definition) is 6. The predicted molar refractivity (Wildman–Crippen MR) is 104 cm³/mol. The number of nitrogens with one attached hydrogen (secondary N) is 2. The second-order valence-electron chi connectivity index (χ2n) is 6.91. The number of carbonyl (C=O) groups excluding carboxylic acids is 2. The Morgan fingerprint density at radius 3 is 2.50 bits per heavy atom. The van der Waals surface area contributed by atoms with Gasteiger partial charge in [-0.3, -0.25) is 19.9 Å². The van der Waals surface area contributed by atoms with Crippen molar-refractivity contribution in [2.45, 2.75) is 26.4 Å². The van der Waals surface area contributed by atoms with Crippen molar-refractivity contribution in [2.75, 3.05) is 32.7 Å². The van der Waals surface area contributed by atoms with Crippen molar-refractivity contribution >= 4 is 11.9 Å². The van der Waals surface area contributed by atoms with E-state index in [0.29, 0.717) is 13.1 Å². The number of nitrogens with zero attached hydrogens (tertiary/aromatic N) is 3. The van der Waals surface area contributed by atoms with Crippen LogP contribution in [0.25, 0.3) is 0 Å². The molecular formula is C20H27N5O3. The van der Waals surface area contributed by atoms with Gasteiger partial charge in [0.2, 0.25) is 5.91 Å². The Labute approximate surface area is 164 Å². The molecule has 1 aromatic carbocycles. The number of benzene rings is 1. The van der Waals surface area contributed by atoms with Gasteiger partial charge in [-0.2, -0.15) is 0 Å². The van der Waals surface area contributed by atoms with Gasteiger partial charge in [-0.15, -0.1) is 0 Å². The van der Waals surface area contributed by atoms with Gasteiger partial charge < -0.3 is 9.84 Å². The van der Waals surface area contributed by atoms with Gasteiger partial charge in [0.05, 0.1) is 12.2 Å². The summed E-state index contributed by atoms with van der Waals surface area (Å²) < 4.78 is 5.30. The minimum Gasteiger partial charge on any atom is -0.360 e. The molecule has 0 unspecified atom stereocenters. The quantitative estimate of drug-likeness (QED) is 0.786. The van der Waals surface area contributed by atoms with E-state index < -0.39 is 12.1 Å². The van der Waals surface area contributed by atoms with Crippen molar-refractivity contribution in [2.24, 2.45) is 0 Å². The summed E-state index contributed by atoms with van der Waals surface area (Å²) in [5, 5.41) is 9.00. The minimum absolute atomic E-state index is 0.309. The van der Waals surface area contributed by atoms with Gasteiger partial charge in [0.15, 0.2) is 5.76 Å². The van der Waals surface area contributed by atoms with Gasteiger partial charge in [0.1, 0.15) is 6.04 Å². The summed E-state index contributed by atoms with van der Waals surface area (Å²) in [7, 11) is 0. The summed E-state index contributed by atoms with van der Waals surface area (Å²) in [6, 6.07) is 10.6. The molecule has 150 valence electrons. The minimum atomic E-state index is -0.501. The zero-order chi connectivity index (χ0) is 19.9. The largest absolute Gasteiger partial charge is 0.360 e. The third-order valence-electron chi connectivity index (χ3n) is 4.77. The molecule has 0 bridgehead atoms. The molecule has 2 N–H and O–H groups in total. The molecule has 1 aromatic heterocycles. The number of carbonyl (C=O) groups is 2. The van der Waals surface area contributed by atoms with Gasteiger partial charge in [-0.25, -0.2) is 4.79 Å².